The molecular formula is C20H23N3O2S. The molecule has 1 N–H and O–H groups in total. The number of nitrogens with zero attached hydrogens (tertiary/aromatic N) is 2. The Kier molecular flexibility index (Phi) is 4.71. The van der Waals surface area contributed by atoms with Gasteiger partial charge < -0.3 is 5.32 Å². The summed E-state index contributed by atoms with van der Waals surface area (Å²) < 4.78 is 23.3. The van der Waals surface area contributed by atoms with Gasteiger partial charge in [0.2, 0.25) is 5.95 Å². The van der Waals surface area contributed by atoms with Gasteiger partial charge in [0.25, 0.3) is 0 Å². The molecular weight excluding hydrogens is 346 g/mol. The summed E-state index contributed by atoms with van der Waals surface area (Å²) in [6, 6.07) is 13.4. The van der Waals surface area contributed by atoms with E-state index < -0.39 is 9.84 Å². The summed E-state index contributed by atoms with van der Waals surface area (Å²) in [7, 11) is -3.24. The fourth-order valence-corrected chi connectivity index (χ4v) is 3.29. The molecule has 0 radical (unpaired) electrons. The second-order valence-corrected chi connectivity index (χ2v) is 9.50. The maximum Gasteiger partial charge on any atom is 0.223 e. The zero-order valence-corrected chi connectivity index (χ0v) is 16.3. The Balaban J connectivity index is 1.75. The average Bonchev–Trinajstić information content (AvgIpc) is 2.58. The van der Waals surface area contributed by atoms with Crippen LogP contribution in [0.1, 0.15) is 31.9 Å². The highest BCUT2D eigenvalue weighted by molar-refractivity contribution is 7.90. The summed E-state index contributed by atoms with van der Waals surface area (Å²) in [5, 5.41) is 3.92. The molecule has 136 valence electrons. The molecule has 3 rings (SSSR count). The first kappa shape index (κ1) is 18.3. The first-order valence-corrected chi connectivity index (χ1v) is 10.3. The molecule has 0 aliphatic rings. The van der Waals surface area contributed by atoms with Crippen LogP contribution in [0.2, 0.25) is 0 Å². The lowest BCUT2D eigenvalue weighted by molar-refractivity contribution is 0.590. The molecule has 1 heterocycles. The molecule has 0 saturated heterocycles. The number of benzene rings is 2. The van der Waals surface area contributed by atoms with Crippen LogP contribution in [0.5, 0.6) is 0 Å². The molecule has 26 heavy (non-hydrogen) atoms. The molecule has 6 heteroatoms. The third-order valence-electron chi connectivity index (χ3n) is 4.25. The van der Waals surface area contributed by atoms with E-state index in [-0.39, 0.29) is 10.3 Å². The second kappa shape index (κ2) is 6.68. The van der Waals surface area contributed by atoms with Crippen molar-refractivity contribution in [2.45, 2.75) is 37.6 Å². The van der Waals surface area contributed by atoms with Crippen LogP contribution >= 0.6 is 0 Å². The molecule has 0 bridgehead atoms. The van der Waals surface area contributed by atoms with Gasteiger partial charge in [0, 0.05) is 24.4 Å². The van der Waals surface area contributed by atoms with Gasteiger partial charge in [-0.2, -0.15) is 0 Å². The summed E-state index contributed by atoms with van der Waals surface area (Å²) >= 11 is 0. The van der Waals surface area contributed by atoms with Crippen molar-refractivity contribution in [2.75, 3.05) is 11.6 Å². The normalized spacial score (nSPS) is 12.3. The van der Waals surface area contributed by atoms with E-state index in [9.17, 15) is 8.42 Å². The maximum atomic E-state index is 11.6. The van der Waals surface area contributed by atoms with E-state index in [0.717, 1.165) is 5.56 Å². The minimum absolute atomic E-state index is 0.137. The molecule has 0 fully saturated rings. The number of sulfone groups is 1. The van der Waals surface area contributed by atoms with Crippen LogP contribution in [-0.4, -0.2) is 24.6 Å². The lowest BCUT2D eigenvalue weighted by atomic mass is 9.87. The lowest BCUT2D eigenvalue weighted by Gasteiger charge is -2.19. The largest absolute Gasteiger partial charge is 0.350 e. The average molecular weight is 369 g/mol. The molecule has 3 aromatic rings. The number of fused-ring (bicyclic) bond motifs is 1. The Morgan fingerprint density at radius 2 is 1.73 bits per heavy atom. The van der Waals surface area contributed by atoms with Crippen molar-refractivity contribution >= 4 is 26.7 Å². The Morgan fingerprint density at radius 1 is 1.04 bits per heavy atom. The van der Waals surface area contributed by atoms with Crippen LogP contribution in [0, 0.1) is 0 Å². The maximum absolute atomic E-state index is 11.6. The molecule has 0 spiro atoms. The van der Waals surface area contributed by atoms with E-state index >= 15 is 0 Å². The molecule has 2 aromatic carbocycles. The van der Waals surface area contributed by atoms with Gasteiger partial charge in [-0.15, -0.1) is 0 Å². The monoisotopic (exact) mass is 369 g/mol. The van der Waals surface area contributed by atoms with Gasteiger partial charge in [0.1, 0.15) is 0 Å². The smallest absolute Gasteiger partial charge is 0.223 e. The van der Waals surface area contributed by atoms with E-state index in [1.807, 2.05) is 0 Å². The number of nitrogens with one attached hydrogen (secondary N) is 1. The Morgan fingerprint density at radius 3 is 2.35 bits per heavy atom. The van der Waals surface area contributed by atoms with Gasteiger partial charge in [-0.05, 0) is 34.7 Å². The highest BCUT2D eigenvalue weighted by Crippen LogP contribution is 2.22. The molecule has 0 aliphatic heterocycles. The number of hydrogen-bond donors (Lipinski definition) is 1. The SMILES string of the molecule is CC(C)(C)c1ccc(CNc2ncc3cc(S(C)(=O)=O)ccc3n2)cc1. The molecule has 0 saturated carbocycles. The molecule has 0 aliphatic carbocycles. The van der Waals surface area contributed by atoms with Crippen LogP contribution < -0.4 is 5.32 Å². The van der Waals surface area contributed by atoms with Gasteiger partial charge in [-0.25, -0.2) is 18.4 Å². The van der Waals surface area contributed by atoms with Crippen LogP contribution in [-0.2, 0) is 21.8 Å². The van der Waals surface area contributed by atoms with Crippen molar-refractivity contribution in [3.05, 3.63) is 59.8 Å². The van der Waals surface area contributed by atoms with Crippen LogP contribution in [0.25, 0.3) is 10.9 Å². The highest BCUT2D eigenvalue weighted by atomic mass is 32.2. The zero-order valence-electron chi connectivity index (χ0n) is 15.4. The second-order valence-electron chi connectivity index (χ2n) is 7.49. The van der Waals surface area contributed by atoms with E-state index in [1.165, 1.54) is 11.8 Å². The van der Waals surface area contributed by atoms with Crippen molar-refractivity contribution in [1.82, 2.24) is 9.97 Å². The van der Waals surface area contributed by atoms with Gasteiger partial charge in [-0.3, -0.25) is 0 Å². The molecule has 5 nitrogen and oxygen atoms in total. The Hall–Kier alpha value is -2.47. The number of anilines is 1. The van der Waals surface area contributed by atoms with Crippen molar-refractivity contribution in [2.24, 2.45) is 0 Å². The minimum Gasteiger partial charge on any atom is -0.350 e. The lowest BCUT2D eigenvalue weighted by Crippen LogP contribution is -2.11. The summed E-state index contributed by atoms with van der Waals surface area (Å²) in [6.07, 6.45) is 2.83. The number of aromatic nitrogens is 2. The molecule has 0 atom stereocenters. The fraction of sp³-hybridized carbons (Fsp3) is 0.300. The zero-order chi connectivity index (χ0) is 18.9. The third kappa shape index (κ3) is 4.19. The molecule has 0 amide bonds. The van der Waals surface area contributed by atoms with Crippen molar-refractivity contribution in [1.29, 1.82) is 0 Å². The van der Waals surface area contributed by atoms with E-state index in [2.05, 4.69) is 60.3 Å². The third-order valence-corrected chi connectivity index (χ3v) is 5.36. The topological polar surface area (TPSA) is 72.0 Å². The van der Waals surface area contributed by atoms with Gasteiger partial charge >= 0.3 is 0 Å². The van der Waals surface area contributed by atoms with Crippen molar-refractivity contribution in [3.63, 3.8) is 0 Å². The van der Waals surface area contributed by atoms with Crippen LogP contribution in [0.4, 0.5) is 5.95 Å². The van der Waals surface area contributed by atoms with Crippen LogP contribution in [0.15, 0.2) is 53.6 Å². The van der Waals surface area contributed by atoms with E-state index in [1.54, 1.807) is 24.4 Å². The summed E-state index contributed by atoms with van der Waals surface area (Å²) in [4.78, 5) is 9.01. The van der Waals surface area contributed by atoms with Crippen LogP contribution in [0.3, 0.4) is 0 Å². The highest BCUT2D eigenvalue weighted by Gasteiger charge is 2.13. The number of hydrogen-bond acceptors (Lipinski definition) is 5. The fourth-order valence-electron chi connectivity index (χ4n) is 2.63. The Labute approximate surface area is 154 Å². The minimum atomic E-state index is -3.24. The summed E-state index contributed by atoms with van der Waals surface area (Å²) in [5.41, 5.74) is 3.29. The predicted octanol–water partition coefficient (Wildman–Crippen LogP) is 3.94. The summed E-state index contributed by atoms with van der Waals surface area (Å²) in [5.74, 6) is 0.518. The molecule has 1 aromatic heterocycles. The quantitative estimate of drug-likeness (QED) is 0.754. The standard InChI is InChI=1S/C20H23N3O2S/c1-20(2,3)16-7-5-14(6-8-16)12-21-19-22-13-15-11-17(26(4,24)25)9-10-18(15)23-19/h5-11,13H,12H2,1-4H3,(H,21,22,23). The van der Waals surface area contributed by atoms with E-state index in [0.29, 0.717) is 23.4 Å². The van der Waals surface area contributed by atoms with Gasteiger partial charge in [-0.1, -0.05) is 45.0 Å². The first-order valence-electron chi connectivity index (χ1n) is 8.43. The van der Waals surface area contributed by atoms with Gasteiger partial charge in [0.15, 0.2) is 9.84 Å². The van der Waals surface area contributed by atoms with Crippen molar-refractivity contribution < 1.29 is 8.42 Å². The number of rotatable bonds is 4. The van der Waals surface area contributed by atoms with Crippen molar-refractivity contribution in [3.8, 4) is 0 Å². The van der Waals surface area contributed by atoms with E-state index in [4.69, 9.17) is 0 Å². The predicted molar refractivity (Wildman–Crippen MR) is 105 cm³/mol. The first-order chi connectivity index (χ1) is 12.1. The Bertz CT molecular complexity index is 1040. The summed E-state index contributed by atoms with van der Waals surface area (Å²) in [6.45, 7) is 7.20. The van der Waals surface area contributed by atoms with Gasteiger partial charge in [0.05, 0.1) is 10.4 Å². The molecule has 0 unspecified atom stereocenters.